The van der Waals surface area contributed by atoms with E-state index in [0.717, 1.165) is 28.3 Å². The number of ketones is 1. The average molecular weight is 443 g/mol. The van der Waals surface area contributed by atoms with E-state index in [0.29, 0.717) is 12.1 Å². The highest BCUT2D eigenvalue weighted by Crippen LogP contribution is 2.48. The highest BCUT2D eigenvalue weighted by molar-refractivity contribution is 7.90. The predicted octanol–water partition coefficient (Wildman–Crippen LogP) is 4.52. The molecule has 0 bridgehead atoms. The van der Waals surface area contributed by atoms with Crippen LogP contribution in [0.1, 0.15) is 29.2 Å². The molecule has 0 amide bonds. The van der Waals surface area contributed by atoms with Gasteiger partial charge in [-0.25, -0.2) is 8.42 Å². The molecular formula is C26H22N2O3S. The normalized spacial score (nSPS) is 17.9. The summed E-state index contributed by atoms with van der Waals surface area (Å²) in [6.45, 7) is 0. The zero-order chi connectivity index (χ0) is 22.1. The van der Waals surface area contributed by atoms with Crippen LogP contribution in [0.15, 0.2) is 90.2 Å². The number of hydrogen-bond donors (Lipinski definition) is 0. The van der Waals surface area contributed by atoms with Gasteiger partial charge in [0.2, 0.25) is 0 Å². The highest BCUT2D eigenvalue weighted by atomic mass is 32.2. The summed E-state index contributed by atoms with van der Waals surface area (Å²) in [5, 5.41) is 2.14. The molecule has 0 spiro atoms. The summed E-state index contributed by atoms with van der Waals surface area (Å²) in [5.41, 5.74) is 2.55. The first-order valence-corrected chi connectivity index (χ1v) is 12.2. The quantitative estimate of drug-likeness (QED) is 0.421. The maximum absolute atomic E-state index is 12.8. The molecule has 1 saturated carbocycles. The Hall–Kier alpha value is -3.38. The summed E-state index contributed by atoms with van der Waals surface area (Å²) in [6, 6.07) is 20.2. The number of carbonyl (C=O) groups excluding carboxylic acids is 1. The second-order valence-electron chi connectivity index (χ2n) is 8.30. The van der Waals surface area contributed by atoms with E-state index < -0.39 is 9.84 Å². The Kier molecular flexibility index (Phi) is 5.31. The Balaban J connectivity index is 1.24. The van der Waals surface area contributed by atoms with Gasteiger partial charge in [0.1, 0.15) is 5.78 Å². The molecule has 0 N–H and O–H groups in total. The number of carbonyl (C=O) groups is 1. The Morgan fingerprint density at radius 1 is 0.938 bits per heavy atom. The van der Waals surface area contributed by atoms with E-state index in [-0.39, 0.29) is 28.3 Å². The molecule has 2 heterocycles. The molecule has 1 aliphatic rings. The number of pyridine rings is 2. The Morgan fingerprint density at radius 2 is 1.78 bits per heavy atom. The van der Waals surface area contributed by atoms with Crippen molar-refractivity contribution >= 4 is 26.4 Å². The molecule has 2 aromatic carbocycles. The zero-order valence-corrected chi connectivity index (χ0v) is 18.2. The molecule has 32 heavy (non-hydrogen) atoms. The summed E-state index contributed by atoms with van der Waals surface area (Å²) < 4.78 is 25.3. The molecule has 2 atom stereocenters. The molecule has 5 rings (SSSR count). The molecule has 1 fully saturated rings. The first-order chi connectivity index (χ1) is 15.5. The van der Waals surface area contributed by atoms with Gasteiger partial charge in [-0.3, -0.25) is 14.8 Å². The summed E-state index contributed by atoms with van der Waals surface area (Å²) in [6.07, 6.45) is 6.39. The minimum absolute atomic E-state index is 0.000821. The number of rotatable bonds is 7. The molecular weight excluding hydrogens is 420 g/mol. The minimum atomic E-state index is -3.46. The first kappa shape index (κ1) is 20.5. The smallest absolute Gasteiger partial charge is 0.184 e. The van der Waals surface area contributed by atoms with Crippen LogP contribution in [0, 0.1) is 5.92 Å². The van der Waals surface area contributed by atoms with Crippen LogP contribution in [0.25, 0.3) is 10.8 Å². The molecule has 6 heteroatoms. The number of sulfone groups is 1. The second kappa shape index (κ2) is 8.28. The molecule has 1 aliphatic carbocycles. The van der Waals surface area contributed by atoms with E-state index in [9.17, 15) is 13.2 Å². The van der Waals surface area contributed by atoms with Crippen molar-refractivity contribution in [2.45, 2.75) is 29.4 Å². The summed E-state index contributed by atoms with van der Waals surface area (Å²) >= 11 is 0. The van der Waals surface area contributed by atoms with Crippen LogP contribution < -0.4 is 0 Å². The van der Waals surface area contributed by atoms with Crippen molar-refractivity contribution in [3.05, 3.63) is 102 Å². The number of Topliss-reactive ketones (excluding diaryl/α,β-unsaturated/α-hetero) is 1. The van der Waals surface area contributed by atoms with Gasteiger partial charge in [-0.05, 0) is 59.2 Å². The van der Waals surface area contributed by atoms with Gasteiger partial charge >= 0.3 is 0 Å². The average Bonchev–Trinajstić information content (AvgIpc) is 3.61. The van der Waals surface area contributed by atoms with Crippen molar-refractivity contribution in [1.29, 1.82) is 0 Å². The van der Waals surface area contributed by atoms with E-state index in [4.69, 9.17) is 0 Å². The van der Waals surface area contributed by atoms with Gasteiger partial charge in [0.25, 0.3) is 0 Å². The topological polar surface area (TPSA) is 77.0 Å². The van der Waals surface area contributed by atoms with Crippen LogP contribution in [0.5, 0.6) is 0 Å². The predicted molar refractivity (Wildman–Crippen MR) is 123 cm³/mol. The molecule has 0 aliphatic heterocycles. The molecule has 0 unspecified atom stereocenters. The molecule has 0 radical (unpaired) electrons. The van der Waals surface area contributed by atoms with Gasteiger partial charge in [0.15, 0.2) is 9.84 Å². The lowest BCUT2D eigenvalue weighted by atomic mass is 10.0. The third-order valence-electron chi connectivity index (χ3n) is 6.02. The standard InChI is InChI=1S/C26H22N2O3S/c29-26(14-18-4-5-21-16-27-12-10-20(21)13-18)25-15-24(25)19-6-8-23(9-7-19)32(30,31)17-22-3-1-2-11-28-22/h1-13,16,24-25H,14-15,17H2/t24-,25+/m0/s1. The third kappa shape index (κ3) is 4.32. The Labute approximate surface area is 187 Å². The number of nitrogens with zero attached hydrogens (tertiary/aromatic N) is 2. The fourth-order valence-corrected chi connectivity index (χ4v) is 5.46. The highest BCUT2D eigenvalue weighted by Gasteiger charge is 2.43. The Bertz CT molecular complexity index is 1380. The third-order valence-corrected chi connectivity index (χ3v) is 7.68. The van der Waals surface area contributed by atoms with Crippen molar-refractivity contribution in [1.82, 2.24) is 9.97 Å². The number of hydrogen-bond acceptors (Lipinski definition) is 5. The van der Waals surface area contributed by atoms with Crippen LogP contribution in [-0.4, -0.2) is 24.2 Å². The molecule has 4 aromatic rings. The minimum Gasteiger partial charge on any atom is -0.299 e. The van der Waals surface area contributed by atoms with E-state index in [1.54, 1.807) is 42.7 Å². The number of fused-ring (bicyclic) bond motifs is 1. The monoisotopic (exact) mass is 442 g/mol. The van der Waals surface area contributed by atoms with Crippen molar-refractivity contribution in [2.75, 3.05) is 0 Å². The summed E-state index contributed by atoms with van der Waals surface area (Å²) in [5.74, 6) is 0.272. The van der Waals surface area contributed by atoms with Gasteiger partial charge in [-0.2, -0.15) is 0 Å². The van der Waals surface area contributed by atoms with Gasteiger partial charge in [0, 0.05) is 36.3 Å². The van der Waals surface area contributed by atoms with Crippen LogP contribution in [0.3, 0.4) is 0 Å². The van der Waals surface area contributed by atoms with Crippen LogP contribution in [0.2, 0.25) is 0 Å². The van der Waals surface area contributed by atoms with Crippen molar-refractivity contribution < 1.29 is 13.2 Å². The Morgan fingerprint density at radius 3 is 2.56 bits per heavy atom. The van der Waals surface area contributed by atoms with E-state index in [1.165, 1.54) is 0 Å². The zero-order valence-electron chi connectivity index (χ0n) is 17.4. The fraction of sp³-hybridized carbons (Fsp3) is 0.192. The maximum atomic E-state index is 12.8. The van der Waals surface area contributed by atoms with Gasteiger partial charge in [-0.15, -0.1) is 0 Å². The number of benzene rings is 2. The van der Waals surface area contributed by atoms with Gasteiger partial charge in [-0.1, -0.05) is 36.4 Å². The molecule has 2 aromatic heterocycles. The molecule has 160 valence electrons. The lowest BCUT2D eigenvalue weighted by Gasteiger charge is -2.06. The van der Waals surface area contributed by atoms with Crippen LogP contribution >= 0.6 is 0 Å². The van der Waals surface area contributed by atoms with E-state index in [1.807, 2.05) is 42.6 Å². The van der Waals surface area contributed by atoms with Crippen molar-refractivity contribution in [3.8, 4) is 0 Å². The van der Waals surface area contributed by atoms with Gasteiger partial charge < -0.3 is 0 Å². The molecule has 0 saturated heterocycles. The van der Waals surface area contributed by atoms with Crippen LogP contribution in [0.4, 0.5) is 0 Å². The van der Waals surface area contributed by atoms with Crippen LogP contribution in [-0.2, 0) is 26.8 Å². The first-order valence-electron chi connectivity index (χ1n) is 10.6. The summed E-state index contributed by atoms with van der Waals surface area (Å²) in [7, 11) is -3.46. The molecule has 5 nitrogen and oxygen atoms in total. The van der Waals surface area contributed by atoms with Crippen molar-refractivity contribution in [3.63, 3.8) is 0 Å². The lowest BCUT2D eigenvalue weighted by Crippen LogP contribution is -2.07. The number of aromatic nitrogens is 2. The van der Waals surface area contributed by atoms with E-state index >= 15 is 0 Å². The van der Waals surface area contributed by atoms with Crippen molar-refractivity contribution in [2.24, 2.45) is 5.92 Å². The second-order valence-corrected chi connectivity index (χ2v) is 10.3. The SMILES string of the molecule is O=C(Cc1ccc2cnccc2c1)[C@@H]1C[C@H]1c1ccc(S(=O)(=O)Cc2ccccn2)cc1. The summed E-state index contributed by atoms with van der Waals surface area (Å²) in [4.78, 5) is 21.3. The maximum Gasteiger partial charge on any atom is 0.184 e. The van der Waals surface area contributed by atoms with Gasteiger partial charge in [0.05, 0.1) is 16.3 Å². The van der Waals surface area contributed by atoms with E-state index in [2.05, 4.69) is 9.97 Å². The fourth-order valence-electron chi connectivity index (χ4n) is 4.18. The largest absolute Gasteiger partial charge is 0.299 e. The lowest BCUT2D eigenvalue weighted by molar-refractivity contribution is -0.119.